The van der Waals surface area contributed by atoms with Crippen LogP contribution in [-0.2, 0) is 20.7 Å². The number of hydrogen-bond acceptors (Lipinski definition) is 4. The molecule has 0 fully saturated rings. The van der Waals surface area contributed by atoms with Crippen LogP contribution in [0, 0.1) is 0 Å². The van der Waals surface area contributed by atoms with Crippen molar-refractivity contribution in [2.24, 2.45) is 0 Å². The fourth-order valence-corrected chi connectivity index (χ4v) is 3.38. The molecule has 1 N–H and O–H groups in total. The summed E-state index contributed by atoms with van der Waals surface area (Å²) in [4.78, 5) is 0. The predicted molar refractivity (Wildman–Crippen MR) is 77.5 cm³/mol. The van der Waals surface area contributed by atoms with E-state index in [4.69, 9.17) is 4.18 Å². The number of hydrogen-bond donors (Lipinski definition) is 1. The Morgan fingerprint density at radius 2 is 2.00 bits per heavy atom. The molecule has 0 amide bonds. The van der Waals surface area contributed by atoms with Gasteiger partial charge in [0, 0.05) is 11.3 Å². The van der Waals surface area contributed by atoms with Gasteiger partial charge in [0.25, 0.3) is 10.1 Å². The van der Waals surface area contributed by atoms with Gasteiger partial charge in [-0.25, -0.2) is 0 Å². The van der Waals surface area contributed by atoms with Crippen molar-refractivity contribution >= 4 is 20.9 Å². The molecule has 1 aliphatic rings. The van der Waals surface area contributed by atoms with Crippen molar-refractivity contribution < 1.29 is 17.7 Å². The lowest BCUT2D eigenvalue weighted by atomic mass is 9.95. The van der Waals surface area contributed by atoms with Crippen LogP contribution in [0.15, 0.2) is 30.3 Å². The van der Waals surface area contributed by atoms with Crippen LogP contribution in [-0.4, -0.2) is 26.4 Å². The molecular weight excluding hydrogens is 276 g/mol. The summed E-state index contributed by atoms with van der Waals surface area (Å²) in [6, 6.07) is 9.43. The Bertz CT molecular complexity index is 765. The van der Waals surface area contributed by atoms with Gasteiger partial charge in [0.15, 0.2) is 0 Å². The maximum Gasteiger partial charge on any atom is 0.264 e. The van der Waals surface area contributed by atoms with E-state index in [2.05, 4.69) is 0 Å². The third-order valence-corrected chi connectivity index (χ3v) is 4.37. The van der Waals surface area contributed by atoms with Gasteiger partial charge in [0.05, 0.1) is 12.9 Å². The summed E-state index contributed by atoms with van der Waals surface area (Å²) >= 11 is 0. The molecule has 0 heterocycles. The Balaban J connectivity index is 2.06. The normalized spacial score (nSPS) is 18.4. The van der Waals surface area contributed by atoms with Crippen LogP contribution in [0.3, 0.4) is 0 Å². The summed E-state index contributed by atoms with van der Waals surface area (Å²) in [6.45, 7) is 0.167. The van der Waals surface area contributed by atoms with E-state index in [0.717, 1.165) is 41.0 Å². The molecule has 1 atom stereocenters. The molecule has 106 valence electrons. The minimum Gasteiger partial charge on any atom is -0.507 e. The SMILES string of the molecule is CS(=O)(=O)OCC1CCc2cc(O)c3ccccc3c21. The minimum atomic E-state index is -3.42. The number of benzene rings is 2. The number of aryl methyl sites for hydroxylation is 1. The van der Waals surface area contributed by atoms with Crippen LogP contribution in [0.5, 0.6) is 5.75 Å². The third-order valence-electron chi connectivity index (χ3n) is 3.80. The summed E-state index contributed by atoms with van der Waals surface area (Å²) in [5.74, 6) is 0.342. The van der Waals surface area contributed by atoms with Gasteiger partial charge in [-0.15, -0.1) is 0 Å². The van der Waals surface area contributed by atoms with Crippen LogP contribution in [0.2, 0.25) is 0 Å². The average molecular weight is 292 g/mol. The van der Waals surface area contributed by atoms with E-state index in [1.54, 1.807) is 6.07 Å². The van der Waals surface area contributed by atoms with E-state index < -0.39 is 10.1 Å². The highest BCUT2D eigenvalue weighted by Crippen LogP contribution is 2.41. The highest BCUT2D eigenvalue weighted by molar-refractivity contribution is 7.85. The second kappa shape index (κ2) is 4.75. The Labute approximate surface area is 118 Å². The molecule has 1 unspecified atom stereocenters. The van der Waals surface area contributed by atoms with Crippen molar-refractivity contribution in [1.29, 1.82) is 0 Å². The summed E-state index contributed by atoms with van der Waals surface area (Å²) in [5, 5.41) is 11.8. The standard InChI is InChI=1S/C15H16O4S/c1-20(17,18)19-9-11-7-6-10-8-14(16)12-4-2-3-5-13(12)15(10)11/h2-5,8,11,16H,6-7,9H2,1H3. The lowest BCUT2D eigenvalue weighted by Gasteiger charge is -2.14. The van der Waals surface area contributed by atoms with Crippen LogP contribution < -0.4 is 0 Å². The Kier molecular flexibility index (Phi) is 3.18. The molecule has 0 aromatic heterocycles. The lowest BCUT2D eigenvalue weighted by Crippen LogP contribution is -2.10. The second-order valence-corrected chi connectivity index (χ2v) is 6.88. The van der Waals surface area contributed by atoms with Crippen molar-refractivity contribution in [3.8, 4) is 5.75 Å². The lowest BCUT2D eigenvalue weighted by molar-refractivity contribution is 0.294. The van der Waals surface area contributed by atoms with E-state index in [-0.39, 0.29) is 18.3 Å². The van der Waals surface area contributed by atoms with Gasteiger partial charge in [0.2, 0.25) is 0 Å². The molecule has 0 saturated heterocycles. The predicted octanol–water partition coefficient (Wildman–Crippen LogP) is 2.55. The first-order valence-electron chi connectivity index (χ1n) is 6.53. The van der Waals surface area contributed by atoms with Crippen molar-refractivity contribution in [2.75, 3.05) is 12.9 Å². The molecule has 0 aliphatic heterocycles. The van der Waals surface area contributed by atoms with Gasteiger partial charge in [-0.2, -0.15) is 8.42 Å². The topological polar surface area (TPSA) is 63.6 Å². The first-order valence-corrected chi connectivity index (χ1v) is 8.35. The molecule has 2 aromatic rings. The number of phenolic OH excluding ortho intramolecular Hbond substituents is 1. The molecule has 0 spiro atoms. The summed E-state index contributed by atoms with van der Waals surface area (Å²) in [7, 11) is -3.42. The number of aromatic hydroxyl groups is 1. The maximum atomic E-state index is 11.2. The van der Waals surface area contributed by atoms with Gasteiger partial charge < -0.3 is 5.11 Å². The van der Waals surface area contributed by atoms with Crippen molar-refractivity contribution in [2.45, 2.75) is 18.8 Å². The molecule has 1 aliphatic carbocycles. The zero-order chi connectivity index (χ0) is 14.3. The second-order valence-electron chi connectivity index (χ2n) is 5.24. The van der Waals surface area contributed by atoms with Crippen molar-refractivity contribution in [3.63, 3.8) is 0 Å². The van der Waals surface area contributed by atoms with Gasteiger partial charge in [-0.05, 0) is 35.4 Å². The molecule has 20 heavy (non-hydrogen) atoms. The molecule has 0 radical (unpaired) electrons. The fraction of sp³-hybridized carbons (Fsp3) is 0.333. The maximum absolute atomic E-state index is 11.2. The van der Waals surface area contributed by atoms with Crippen LogP contribution in [0.25, 0.3) is 10.8 Å². The number of phenols is 1. The van der Waals surface area contributed by atoms with Gasteiger partial charge in [-0.1, -0.05) is 24.3 Å². The van der Waals surface area contributed by atoms with Crippen LogP contribution >= 0.6 is 0 Å². The first-order chi connectivity index (χ1) is 9.46. The van der Waals surface area contributed by atoms with Gasteiger partial charge >= 0.3 is 0 Å². The number of fused-ring (bicyclic) bond motifs is 3. The van der Waals surface area contributed by atoms with E-state index in [1.807, 2.05) is 24.3 Å². The van der Waals surface area contributed by atoms with Crippen LogP contribution in [0.4, 0.5) is 0 Å². The van der Waals surface area contributed by atoms with E-state index in [9.17, 15) is 13.5 Å². The zero-order valence-electron chi connectivity index (χ0n) is 11.2. The van der Waals surface area contributed by atoms with Gasteiger partial charge in [-0.3, -0.25) is 4.18 Å². The Morgan fingerprint density at radius 3 is 2.70 bits per heavy atom. The Hall–Kier alpha value is -1.59. The number of rotatable bonds is 3. The molecule has 3 rings (SSSR count). The third kappa shape index (κ3) is 2.39. The monoisotopic (exact) mass is 292 g/mol. The van der Waals surface area contributed by atoms with E-state index in [1.165, 1.54) is 0 Å². The van der Waals surface area contributed by atoms with E-state index in [0.29, 0.717) is 0 Å². The Morgan fingerprint density at radius 1 is 1.30 bits per heavy atom. The first kappa shape index (κ1) is 13.4. The molecule has 0 bridgehead atoms. The summed E-state index contributed by atoms with van der Waals surface area (Å²) in [5.41, 5.74) is 2.20. The quantitative estimate of drug-likeness (QED) is 0.883. The molecule has 4 nitrogen and oxygen atoms in total. The largest absolute Gasteiger partial charge is 0.507 e. The summed E-state index contributed by atoms with van der Waals surface area (Å²) < 4.78 is 27.3. The average Bonchev–Trinajstić information content (AvgIpc) is 2.79. The van der Waals surface area contributed by atoms with Crippen molar-refractivity contribution in [1.82, 2.24) is 0 Å². The highest BCUT2D eigenvalue weighted by atomic mass is 32.2. The molecular formula is C15H16O4S. The van der Waals surface area contributed by atoms with Gasteiger partial charge in [0.1, 0.15) is 5.75 Å². The highest BCUT2D eigenvalue weighted by Gasteiger charge is 2.27. The zero-order valence-corrected chi connectivity index (χ0v) is 12.0. The minimum absolute atomic E-state index is 0.0604. The molecule has 5 heteroatoms. The molecule has 2 aromatic carbocycles. The fourth-order valence-electron chi connectivity index (χ4n) is 2.97. The van der Waals surface area contributed by atoms with Crippen molar-refractivity contribution in [3.05, 3.63) is 41.5 Å². The smallest absolute Gasteiger partial charge is 0.264 e. The molecule has 0 saturated carbocycles. The van der Waals surface area contributed by atoms with E-state index >= 15 is 0 Å². The van der Waals surface area contributed by atoms with Crippen LogP contribution in [0.1, 0.15) is 23.5 Å². The summed E-state index contributed by atoms with van der Waals surface area (Å²) in [6.07, 6.45) is 2.75.